The fraction of sp³-hybridized carbons (Fsp3) is 0.526. The molecule has 1 saturated heterocycles. The fourth-order valence-electron chi connectivity index (χ4n) is 3.89. The van der Waals surface area contributed by atoms with Crippen molar-refractivity contribution in [2.75, 3.05) is 26.2 Å². The predicted molar refractivity (Wildman–Crippen MR) is 109 cm³/mol. The molecule has 1 amide bonds. The second-order valence-electron chi connectivity index (χ2n) is 7.24. The fourth-order valence-corrected chi connectivity index (χ4v) is 8.05. The second kappa shape index (κ2) is 7.31. The summed E-state index contributed by atoms with van der Waals surface area (Å²) >= 11 is 3.13. The van der Waals surface area contributed by atoms with Crippen molar-refractivity contribution in [3.8, 4) is 0 Å². The van der Waals surface area contributed by atoms with Gasteiger partial charge in [-0.15, -0.1) is 22.7 Å². The van der Waals surface area contributed by atoms with Gasteiger partial charge in [0.25, 0.3) is 5.91 Å². The van der Waals surface area contributed by atoms with Crippen molar-refractivity contribution in [1.29, 1.82) is 0 Å². The highest BCUT2D eigenvalue weighted by Gasteiger charge is 2.32. The first-order chi connectivity index (χ1) is 12.9. The van der Waals surface area contributed by atoms with Crippen molar-refractivity contribution >= 4 is 38.6 Å². The summed E-state index contributed by atoms with van der Waals surface area (Å²) in [6.07, 6.45) is 4.57. The van der Waals surface area contributed by atoms with Gasteiger partial charge in [-0.2, -0.15) is 4.31 Å². The van der Waals surface area contributed by atoms with Gasteiger partial charge >= 0.3 is 0 Å². The van der Waals surface area contributed by atoms with Gasteiger partial charge in [-0.05, 0) is 57.2 Å². The SMILES string of the molecule is Cc1cc(S(=O)(=O)N2CCN(C(=O)c3cc4c(s3)CCCC4)CC2)c(C)s1. The molecule has 3 heterocycles. The number of hydrogen-bond acceptors (Lipinski definition) is 5. The van der Waals surface area contributed by atoms with Gasteiger partial charge in [0, 0.05) is 40.8 Å². The molecule has 4 rings (SSSR count). The lowest BCUT2D eigenvalue weighted by atomic mass is 9.99. The van der Waals surface area contributed by atoms with Crippen LogP contribution in [0.15, 0.2) is 17.0 Å². The van der Waals surface area contributed by atoms with Gasteiger partial charge in [-0.25, -0.2) is 8.42 Å². The molecule has 2 aromatic heterocycles. The molecule has 2 aromatic rings. The summed E-state index contributed by atoms with van der Waals surface area (Å²) in [7, 11) is -3.48. The van der Waals surface area contributed by atoms with Crippen molar-refractivity contribution in [2.24, 2.45) is 0 Å². The normalized spacial score (nSPS) is 18.5. The molecule has 0 N–H and O–H groups in total. The first kappa shape index (κ1) is 19.1. The smallest absolute Gasteiger partial charge is 0.264 e. The maximum Gasteiger partial charge on any atom is 0.264 e. The Hall–Kier alpha value is -1.22. The first-order valence-corrected chi connectivity index (χ1v) is 12.4. The van der Waals surface area contributed by atoms with Gasteiger partial charge < -0.3 is 4.90 Å². The van der Waals surface area contributed by atoms with E-state index in [0.29, 0.717) is 31.1 Å². The van der Waals surface area contributed by atoms with Crippen LogP contribution in [0.25, 0.3) is 0 Å². The van der Waals surface area contributed by atoms with E-state index in [1.54, 1.807) is 22.3 Å². The molecule has 0 saturated carbocycles. The number of amides is 1. The number of piperazine rings is 1. The second-order valence-corrected chi connectivity index (χ2v) is 11.7. The molecule has 146 valence electrons. The van der Waals surface area contributed by atoms with Crippen molar-refractivity contribution < 1.29 is 13.2 Å². The minimum absolute atomic E-state index is 0.0500. The van der Waals surface area contributed by atoms with Crippen LogP contribution in [0.2, 0.25) is 0 Å². The summed E-state index contributed by atoms with van der Waals surface area (Å²) in [5, 5.41) is 0. The van der Waals surface area contributed by atoms with Gasteiger partial charge in [0.1, 0.15) is 0 Å². The van der Waals surface area contributed by atoms with Crippen LogP contribution in [-0.2, 0) is 22.9 Å². The zero-order chi connectivity index (χ0) is 19.2. The number of aryl methyl sites for hydroxylation is 4. The lowest BCUT2D eigenvalue weighted by Crippen LogP contribution is -2.50. The van der Waals surface area contributed by atoms with Crippen LogP contribution in [0, 0.1) is 13.8 Å². The third kappa shape index (κ3) is 3.60. The summed E-state index contributed by atoms with van der Waals surface area (Å²) < 4.78 is 27.4. The number of rotatable bonds is 3. The highest BCUT2D eigenvalue weighted by molar-refractivity contribution is 7.89. The van der Waals surface area contributed by atoms with E-state index >= 15 is 0 Å². The third-order valence-electron chi connectivity index (χ3n) is 5.35. The maximum absolute atomic E-state index is 12.9. The number of carbonyl (C=O) groups is 1. The topological polar surface area (TPSA) is 57.7 Å². The Kier molecular flexibility index (Phi) is 5.18. The van der Waals surface area contributed by atoms with E-state index in [-0.39, 0.29) is 5.91 Å². The quantitative estimate of drug-likeness (QED) is 0.758. The number of nitrogens with zero attached hydrogens (tertiary/aromatic N) is 2. The zero-order valence-corrected chi connectivity index (χ0v) is 18.1. The average molecular weight is 425 g/mol. The lowest BCUT2D eigenvalue weighted by Gasteiger charge is -2.33. The summed E-state index contributed by atoms with van der Waals surface area (Å²) in [5.74, 6) is 0.0500. The van der Waals surface area contributed by atoms with E-state index in [1.165, 1.54) is 38.9 Å². The highest BCUT2D eigenvalue weighted by Crippen LogP contribution is 2.31. The van der Waals surface area contributed by atoms with E-state index in [2.05, 4.69) is 6.07 Å². The standard InChI is InChI=1S/C19H24N2O3S3/c1-13-11-18(14(2)25-13)27(23,24)21-9-7-20(8-10-21)19(22)17-12-15-5-3-4-6-16(15)26-17/h11-12H,3-10H2,1-2H3. The molecule has 0 aromatic carbocycles. The average Bonchev–Trinajstić information content (AvgIpc) is 3.24. The molecule has 27 heavy (non-hydrogen) atoms. The molecular formula is C19H24N2O3S3. The summed E-state index contributed by atoms with van der Waals surface area (Å²) in [6, 6.07) is 3.81. The summed E-state index contributed by atoms with van der Waals surface area (Å²) in [6.45, 7) is 5.38. The molecule has 0 atom stereocenters. The van der Waals surface area contributed by atoms with Gasteiger partial charge in [0.2, 0.25) is 10.0 Å². The molecule has 0 radical (unpaired) electrons. The van der Waals surface area contributed by atoms with Crippen LogP contribution >= 0.6 is 22.7 Å². The molecule has 2 aliphatic rings. The van der Waals surface area contributed by atoms with Crippen molar-refractivity contribution in [1.82, 2.24) is 9.21 Å². The van der Waals surface area contributed by atoms with E-state index in [4.69, 9.17) is 0 Å². The van der Waals surface area contributed by atoms with Crippen LogP contribution in [0.4, 0.5) is 0 Å². The molecule has 1 aliphatic heterocycles. The Morgan fingerprint density at radius 1 is 1.00 bits per heavy atom. The maximum atomic E-state index is 12.9. The zero-order valence-electron chi connectivity index (χ0n) is 15.7. The van der Waals surface area contributed by atoms with Crippen molar-refractivity contribution in [3.63, 3.8) is 0 Å². The molecule has 1 aliphatic carbocycles. The van der Waals surface area contributed by atoms with E-state index in [0.717, 1.165) is 27.5 Å². The van der Waals surface area contributed by atoms with Crippen LogP contribution in [0.3, 0.4) is 0 Å². The Morgan fingerprint density at radius 3 is 2.33 bits per heavy atom. The Balaban J connectivity index is 1.45. The lowest BCUT2D eigenvalue weighted by molar-refractivity contribution is 0.0702. The number of thiophene rings is 2. The van der Waals surface area contributed by atoms with Crippen LogP contribution < -0.4 is 0 Å². The number of hydrogen-bond donors (Lipinski definition) is 0. The van der Waals surface area contributed by atoms with E-state index in [9.17, 15) is 13.2 Å². The molecule has 0 unspecified atom stereocenters. The van der Waals surface area contributed by atoms with Gasteiger partial charge in [-0.1, -0.05) is 0 Å². The molecular weight excluding hydrogens is 400 g/mol. The molecule has 5 nitrogen and oxygen atoms in total. The first-order valence-electron chi connectivity index (χ1n) is 9.34. The molecule has 0 bridgehead atoms. The third-order valence-corrected chi connectivity index (χ3v) is 9.69. The number of sulfonamides is 1. The largest absolute Gasteiger partial charge is 0.335 e. The molecule has 1 fully saturated rings. The van der Waals surface area contributed by atoms with E-state index < -0.39 is 10.0 Å². The Bertz CT molecular complexity index is 943. The molecule has 8 heteroatoms. The summed E-state index contributed by atoms with van der Waals surface area (Å²) in [4.78, 5) is 19.1. The van der Waals surface area contributed by atoms with Crippen LogP contribution in [0.5, 0.6) is 0 Å². The number of fused-ring (bicyclic) bond motifs is 1. The Morgan fingerprint density at radius 2 is 1.70 bits per heavy atom. The van der Waals surface area contributed by atoms with Crippen LogP contribution in [-0.4, -0.2) is 49.7 Å². The predicted octanol–water partition coefficient (Wildman–Crippen LogP) is 3.45. The van der Waals surface area contributed by atoms with Crippen molar-refractivity contribution in [3.05, 3.63) is 37.2 Å². The van der Waals surface area contributed by atoms with Crippen LogP contribution in [0.1, 0.15) is 42.7 Å². The van der Waals surface area contributed by atoms with Gasteiger partial charge in [-0.3, -0.25) is 4.79 Å². The highest BCUT2D eigenvalue weighted by atomic mass is 32.2. The Labute approximate surface area is 168 Å². The minimum atomic E-state index is -3.48. The number of carbonyl (C=O) groups excluding carboxylic acids is 1. The minimum Gasteiger partial charge on any atom is -0.335 e. The van der Waals surface area contributed by atoms with E-state index in [1.807, 2.05) is 13.8 Å². The monoisotopic (exact) mass is 424 g/mol. The summed E-state index contributed by atoms with van der Waals surface area (Å²) in [5.41, 5.74) is 1.33. The molecule has 0 spiro atoms. The van der Waals surface area contributed by atoms with Gasteiger partial charge in [0.15, 0.2) is 0 Å². The van der Waals surface area contributed by atoms with Crippen molar-refractivity contribution in [2.45, 2.75) is 44.4 Å². The van der Waals surface area contributed by atoms with Gasteiger partial charge in [0.05, 0.1) is 9.77 Å².